The van der Waals surface area contributed by atoms with Gasteiger partial charge < -0.3 is 4.57 Å². The Balaban J connectivity index is 1.81. The monoisotopic (exact) mass is 385 g/mol. The number of aryl methyl sites for hydroxylation is 1. The van der Waals surface area contributed by atoms with Crippen LogP contribution in [0.25, 0.3) is 22.7 Å². The molecule has 0 N–H and O–H groups in total. The SMILES string of the molecule is C/C(=C\n1c2c(c3cc(C)ccc31)CN(CC(F)(F)F)CC2)c1ccncc1. The standard InChI is InChI=1S/C22H22F3N3/c1-15-3-4-20-18(11-15)19-13-27(14-22(23,24)25)10-7-21(19)28(20)12-16(2)17-5-8-26-9-6-17/h3-6,8-9,11-12H,7,10,13-14H2,1-2H3/b16-12+. The van der Waals surface area contributed by atoms with Crippen LogP contribution in [0.4, 0.5) is 13.2 Å². The van der Waals surface area contributed by atoms with Crippen LogP contribution in [0.1, 0.15) is 29.3 Å². The third kappa shape index (κ3) is 3.69. The summed E-state index contributed by atoms with van der Waals surface area (Å²) >= 11 is 0. The predicted octanol–water partition coefficient (Wildman–Crippen LogP) is 5.28. The van der Waals surface area contributed by atoms with Crippen molar-refractivity contribution in [2.45, 2.75) is 33.0 Å². The number of aromatic nitrogens is 2. The van der Waals surface area contributed by atoms with Crippen molar-refractivity contribution in [3.63, 3.8) is 0 Å². The maximum absolute atomic E-state index is 12.9. The molecule has 0 atom stereocenters. The lowest BCUT2D eigenvalue weighted by Gasteiger charge is -2.28. The Bertz CT molecular complexity index is 1030. The van der Waals surface area contributed by atoms with Crippen LogP contribution in [0.3, 0.4) is 0 Å². The van der Waals surface area contributed by atoms with Crippen LogP contribution in [-0.4, -0.2) is 33.7 Å². The van der Waals surface area contributed by atoms with Crippen molar-refractivity contribution in [2.24, 2.45) is 0 Å². The number of rotatable bonds is 3. The van der Waals surface area contributed by atoms with Gasteiger partial charge in [-0.3, -0.25) is 9.88 Å². The van der Waals surface area contributed by atoms with Gasteiger partial charge >= 0.3 is 6.18 Å². The van der Waals surface area contributed by atoms with Gasteiger partial charge in [0, 0.05) is 49.2 Å². The summed E-state index contributed by atoms with van der Waals surface area (Å²) in [6.07, 6.45) is 2.02. The van der Waals surface area contributed by atoms with Gasteiger partial charge in [-0.1, -0.05) is 11.6 Å². The molecule has 4 rings (SSSR count). The van der Waals surface area contributed by atoms with E-state index in [2.05, 4.69) is 27.9 Å². The highest BCUT2D eigenvalue weighted by molar-refractivity contribution is 5.90. The quantitative estimate of drug-likeness (QED) is 0.611. The number of allylic oxidation sites excluding steroid dienone is 1. The number of hydrogen-bond donors (Lipinski definition) is 0. The van der Waals surface area contributed by atoms with Crippen molar-refractivity contribution in [1.29, 1.82) is 0 Å². The summed E-state index contributed by atoms with van der Waals surface area (Å²) in [5, 5.41) is 1.04. The molecule has 0 amide bonds. The molecule has 0 spiro atoms. The molecule has 0 bridgehead atoms. The molecule has 0 fully saturated rings. The lowest BCUT2D eigenvalue weighted by Crippen LogP contribution is -2.38. The van der Waals surface area contributed by atoms with E-state index >= 15 is 0 Å². The molecule has 28 heavy (non-hydrogen) atoms. The summed E-state index contributed by atoms with van der Waals surface area (Å²) in [7, 11) is 0. The smallest absolute Gasteiger partial charge is 0.320 e. The van der Waals surface area contributed by atoms with Gasteiger partial charge in [-0.2, -0.15) is 13.2 Å². The maximum atomic E-state index is 12.9. The Hall–Kier alpha value is -2.60. The number of fused-ring (bicyclic) bond motifs is 3. The Labute approximate surface area is 162 Å². The molecule has 0 unspecified atom stereocenters. The van der Waals surface area contributed by atoms with Crippen LogP contribution in [0.2, 0.25) is 0 Å². The van der Waals surface area contributed by atoms with Crippen LogP contribution in [0.15, 0.2) is 42.7 Å². The minimum absolute atomic E-state index is 0.323. The van der Waals surface area contributed by atoms with E-state index in [0.717, 1.165) is 38.9 Å². The Kier molecular flexibility index (Phi) is 4.75. The normalized spacial score (nSPS) is 15.8. The first kappa shape index (κ1) is 18.7. The van der Waals surface area contributed by atoms with Gasteiger partial charge in [0.1, 0.15) is 0 Å². The van der Waals surface area contributed by atoms with Gasteiger partial charge in [-0.15, -0.1) is 0 Å². The molecule has 3 aromatic rings. The van der Waals surface area contributed by atoms with Crippen molar-refractivity contribution < 1.29 is 13.2 Å². The molecule has 146 valence electrons. The number of nitrogens with zero attached hydrogens (tertiary/aromatic N) is 3. The van der Waals surface area contributed by atoms with Crippen LogP contribution < -0.4 is 0 Å². The zero-order valence-electron chi connectivity index (χ0n) is 15.9. The molecule has 0 saturated carbocycles. The molecule has 0 saturated heterocycles. The molecule has 0 aliphatic carbocycles. The topological polar surface area (TPSA) is 21.1 Å². The van der Waals surface area contributed by atoms with Gasteiger partial charge in [0.05, 0.1) is 12.1 Å². The van der Waals surface area contributed by atoms with Gasteiger partial charge in [-0.05, 0) is 54.8 Å². The Morgan fingerprint density at radius 2 is 1.93 bits per heavy atom. The summed E-state index contributed by atoms with van der Waals surface area (Å²) < 4.78 is 40.9. The summed E-state index contributed by atoms with van der Waals surface area (Å²) in [5.74, 6) is 0. The summed E-state index contributed by atoms with van der Waals surface area (Å²) in [4.78, 5) is 5.55. The largest absolute Gasteiger partial charge is 0.401 e. The summed E-state index contributed by atoms with van der Waals surface area (Å²) in [6, 6.07) is 10.1. The predicted molar refractivity (Wildman–Crippen MR) is 106 cm³/mol. The molecule has 3 heterocycles. The Morgan fingerprint density at radius 3 is 2.64 bits per heavy atom. The van der Waals surface area contributed by atoms with E-state index in [1.54, 1.807) is 12.4 Å². The Morgan fingerprint density at radius 1 is 1.18 bits per heavy atom. The molecular formula is C22H22F3N3. The zero-order valence-corrected chi connectivity index (χ0v) is 15.9. The van der Waals surface area contributed by atoms with E-state index in [0.29, 0.717) is 19.5 Å². The van der Waals surface area contributed by atoms with E-state index in [-0.39, 0.29) is 0 Å². The third-order valence-electron chi connectivity index (χ3n) is 5.28. The van der Waals surface area contributed by atoms with Crippen LogP contribution in [-0.2, 0) is 13.0 Å². The van der Waals surface area contributed by atoms with Crippen molar-refractivity contribution in [3.8, 4) is 0 Å². The summed E-state index contributed by atoms with van der Waals surface area (Å²) in [5.41, 5.74) is 6.42. The molecule has 0 radical (unpaired) electrons. The third-order valence-corrected chi connectivity index (χ3v) is 5.28. The number of benzene rings is 1. The second-order valence-corrected chi connectivity index (χ2v) is 7.44. The molecule has 2 aromatic heterocycles. The highest BCUT2D eigenvalue weighted by Crippen LogP contribution is 2.34. The summed E-state index contributed by atoms with van der Waals surface area (Å²) in [6.45, 7) is 3.92. The van der Waals surface area contributed by atoms with Crippen molar-refractivity contribution in [3.05, 3.63) is 65.1 Å². The van der Waals surface area contributed by atoms with Gasteiger partial charge in [0.25, 0.3) is 0 Å². The highest BCUT2D eigenvalue weighted by atomic mass is 19.4. The van der Waals surface area contributed by atoms with Crippen molar-refractivity contribution in [2.75, 3.05) is 13.1 Å². The average molecular weight is 385 g/mol. The second kappa shape index (κ2) is 7.09. The van der Waals surface area contributed by atoms with E-state index in [9.17, 15) is 13.2 Å². The molecule has 3 nitrogen and oxygen atoms in total. The van der Waals surface area contributed by atoms with Gasteiger partial charge in [0.15, 0.2) is 0 Å². The number of pyridine rings is 1. The van der Waals surface area contributed by atoms with Gasteiger partial charge in [0.2, 0.25) is 0 Å². The van der Waals surface area contributed by atoms with Crippen LogP contribution >= 0.6 is 0 Å². The van der Waals surface area contributed by atoms with Gasteiger partial charge in [-0.25, -0.2) is 0 Å². The molecule has 1 aromatic carbocycles. The van der Waals surface area contributed by atoms with E-state index in [1.807, 2.05) is 32.0 Å². The first-order chi connectivity index (χ1) is 13.3. The maximum Gasteiger partial charge on any atom is 0.401 e. The van der Waals surface area contributed by atoms with E-state index in [4.69, 9.17) is 0 Å². The van der Waals surface area contributed by atoms with Crippen LogP contribution in [0, 0.1) is 6.92 Å². The molecule has 1 aliphatic rings. The minimum Gasteiger partial charge on any atom is -0.320 e. The molecular weight excluding hydrogens is 363 g/mol. The first-order valence-corrected chi connectivity index (χ1v) is 9.32. The minimum atomic E-state index is -4.18. The van der Waals surface area contributed by atoms with Crippen molar-refractivity contribution >= 4 is 22.7 Å². The fourth-order valence-corrected chi connectivity index (χ4v) is 3.98. The average Bonchev–Trinajstić information content (AvgIpc) is 2.94. The first-order valence-electron chi connectivity index (χ1n) is 9.32. The van der Waals surface area contributed by atoms with E-state index in [1.165, 1.54) is 4.90 Å². The lowest BCUT2D eigenvalue weighted by atomic mass is 10.0. The highest BCUT2D eigenvalue weighted by Gasteiger charge is 2.33. The lowest BCUT2D eigenvalue weighted by molar-refractivity contribution is -0.147. The number of hydrogen-bond acceptors (Lipinski definition) is 2. The molecule has 1 aliphatic heterocycles. The van der Waals surface area contributed by atoms with E-state index < -0.39 is 12.7 Å². The van der Waals surface area contributed by atoms with Crippen LogP contribution in [0.5, 0.6) is 0 Å². The zero-order chi connectivity index (χ0) is 19.9. The number of halogens is 3. The fraction of sp³-hybridized carbons (Fsp3) is 0.318. The van der Waals surface area contributed by atoms with Crippen molar-refractivity contribution in [1.82, 2.24) is 14.5 Å². The number of alkyl halides is 3. The fourth-order valence-electron chi connectivity index (χ4n) is 3.98. The molecule has 6 heteroatoms. The second-order valence-electron chi connectivity index (χ2n) is 7.44.